The number of aliphatic imine (C=N–C) groups is 1. The van der Waals surface area contributed by atoms with Crippen LogP contribution >= 0.6 is 0 Å². The van der Waals surface area contributed by atoms with Crippen LogP contribution in [0.2, 0.25) is 0 Å². The summed E-state index contributed by atoms with van der Waals surface area (Å²) in [6.45, 7) is 7.19. The number of halogens is 3. The van der Waals surface area contributed by atoms with Crippen LogP contribution in [0.25, 0.3) is 0 Å². The van der Waals surface area contributed by atoms with Crippen LogP contribution in [0.5, 0.6) is 5.75 Å². The molecule has 3 fully saturated rings. The van der Waals surface area contributed by atoms with E-state index in [1.54, 1.807) is 4.90 Å². The van der Waals surface area contributed by atoms with Crippen molar-refractivity contribution >= 4 is 39.9 Å². The number of rotatable bonds is 9. The van der Waals surface area contributed by atoms with Crippen molar-refractivity contribution in [2.45, 2.75) is 70.3 Å². The maximum Gasteiger partial charge on any atom is 0.573 e. The zero-order valence-corrected chi connectivity index (χ0v) is 27.8. The quantitative estimate of drug-likeness (QED) is 0.158. The first kappa shape index (κ1) is 35.3. The molecule has 2 aromatic rings. The highest BCUT2D eigenvalue weighted by Gasteiger charge is 2.54. The summed E-state index contributed by atoms with van der Waals surface area (Å²) in [5.41, 5.74) is 1.79. The fourth-order valence-electron chi connectivity index (χ4n) is 6.75. The van der Waals surface area contributed by atoms with Gasteiger partial charge in [0.25, 0.3) is 5.91 Å². The summed E-state index contributed by atoms with van der Waals surface area (Å²) in [7, 11) is -3.66. The van der Waals surface area contributed by atoms with Crippen molar-refractivity contribution in [3.05, 3.63) is 58.7 Å². The number of carbonyl (C=O) groups excluding carboxylic acids is 3. The van der Waals surface area contributed by atoms with Crippen LogP contribution in [-0.4, -0.2) is 86.3 Å². The lowest BCUT2D eigenvalue weighted by atomic mass is 9.86. The number of nitrogens with zero attached hydrogens (tertiary/aromatic N) is 3. The number of amidine groups is 1. The molecule has 0 radical (unpaired) electrons. The van der Waals surface area contributed by atoms with Gasteiger partial charge in [0, 0.05) is 24.3 Å². The van der Waals surface area contributed by atoms with Crippen LogP contribution < -0.4 is 25.6 Å². The van der Waals surface area contributed by atoms with E-state index < -0.39 is 39.2 Å². The van der Waals surface area contributed by atoms with E-state index in [-0.39, 0.29) is 37.0 Å². The molecule has 4 amide bonds. The van der Waals surface area contributed by atoms with Crippen molar-refractivity contribution in [1.82, 2.24) is 20.3 Å². The van der Waals surface area contributed by atoms with Gasteiger partial charge in [0.1, 0.15) is 17.1 Å². The van der Waals surface area contributed by atoms with Crippen LogP contribution in [0.15, 0.2) is 41.4 Å². The van der Waals surface area contributed by atoms with Crippen molar-refractivity contribution in [3.8, 4) is 5.75 Å². The fraction of sp³-hybridized carbons (Fsp3) is 0.500. The summed E-state index contributed by atoms with van der Waals surface area (Å²) in [6, 6.07) is 8.15. The molecule has 3 heterocycles. The van der Waals surface area contributed by atoms with Crippen molar-refractivity contribution in [3.63, 3.8) is 0 Å². The number of imide groups is 1. The molecule has 3 aliphatic rings. The number of aryl methyl sites for hydroxylation is 2. The van der Waals surface area contributed by atoms with Crippen LogP contribution in [0.3, 0.4) is 0 Å². The molecule has 16 heteroatoms. The molecule has 0 aliphatic carbocycles. The Labute approximate surface area is 277 Å². The Morgan fingerprint density at radius 2 is 1.65 bits per heavy atom. The first-order valence-corrected chi connectivity index (χ1v) is 17.3. The van der Waals surface area contributed by atoms with Gasteiger partial charge in [0.15, 0.2) is 0 Å². The van der Waals surface area contributed by atoms with Gasteiger partial charge >= 0.3 is 12.4 Å². The SMILES string of the molecule is Cc1cc(N2C(=O)NC(=O)C23CCNCC3)cc(C)c1CCS(=O)(=O)N1CCC(C)(N=C(NC=O)c2ccc(OC(F)(F)F)cc2)CC1. The summed E-state index contributed by atoms with van der Waals surface area (Å²) in [5, 5.41) is 8.20. The van der Waals surface area contributed by atoms with Crippen LogP contribution in [0, 0.1) is 13.8 Å². The van der Waals surface area contributed by atoms with Crippen LogP contribution in [0.1, 0.15) is 54.9 Å². The van der Waals surface area contributed by atoms with Gasteiger partial charge in [-0.05, 0) is 119 Å². The minimum absolute atomic E-state index is 0.128. The molecule has 1 spiro atoms. The summed E-state index contributed by atoms with van der Waals surface area (Å²) >= 11 is 0. The molecule has 0 saturated carbocycles. The molecule has 3 N–H and O–H groups in total. The molecule has 48 heavy (non-hydrogen) atoms. The van der Waals surface area contributed by atoms with E-state index >= 15 is 0 Å². The number of piperidine rings is 2. The molecule has 5 rings (SSSR count). The number of benzene rings is 2. The summed E-state index contributed by atoms with van der Waals surface area (Å²) in [5.74, 6) is -0.688. The average Bonchev–Trinajstić information content (AvgIpc) is 3.24. The number of nitrogens with one attached hydrogen (secondary N) is 3. The third kappa shape index (κ3) is 7.50. The highest BCUT2D eigenvalue weighted by molar-refractivity contribution is 7.89. The Morgan fingerprint density at radius 3 is 2.21 bits per heavy atom. The molecule has 2 aromatic carbocycles. The molecular weight excluding hydrogens is 653 g/mol. The third-order valence-corrected chi connectivity index (χ3v) is 11.3. The number of hydrogen-bond donors (Lipinski definition) is 3. The molecular formula is C32H39F3N6O6S. The number of carbonyl (C=O) groups is 3. The minimum Gasteiger partial charge on any atom is -0.406 e. The van der Waals surface area contributed by atoms with Crippen molar-refractivity contribution in [2.75, 3.05) is 36.8 Å². The Bertz CT molecular complexity index is 1680. The molecule has 0 atom stereocenters. The molecule has 0 unspecified atom stereocenters. The van der Waals surface area contributed by atoms with E-state index in [4.69, 9.17) is 0 Å². The summed E-state index contributed by atoms with van der Waals surface area (Å²) in [4.78, 5) is 43.3. The number of amides is 4. The molecule has 0 bridgehead atoms. The molecule has 12 nitrogen and oxygen atoms in total. The molecule has 260 valence electrons. The van der Waals surface area contributed by atoms with E-state index in [2.05, 4.69) is 25.7 Å². The largest absolute Gasteiger partial charge is 0.573 e. The Hall–Kier alpha value is -4.02. The highest BCUT2D eigenvalue weighted by atomic mass is 32.2. The van der Waals surface area contributed by atoms with E-state index in [9.17, 15) is 36.0 Å². The number of anilines is 1. The topological polar surface area (TPSA) is 150 Å². The Morgan fingerprint density at radius 1 is 1.04 bits per heavy atom. The van der Waals surface area contributed by atoms with Gasteiger partial charge < -0.3 is 15.4 Å². The Kier molecular flexibility index (Phi) is 9.91. The van der Waals surface area contributed by atoms with Gasteiger partial charge in [-0.3, -0.25) is 24.8 Å². The zero-order valence-electron chi connectivity index (χ0n) is 26.9. The number of sulfonamides is 1. The lowest BCUT2D eigenvalue weighted by Gasteiger charge is -2.38. The van der Waals surface area contributed by atoms with E-state index in [1.807, 2.05) is 32.9 Å². The van der Waals surface area contributed by atoms with Gasteiger partial charge in [-0.1, -0.05) is 0 Å². The number of alkyl halides is 3. The number of urea groups is 1. The summed E-state index contributed by atoms with van der Waals surface area (Å²) < 4.78 is 69.9. The predicted octanol–water partition coefficient (Wildman–Crippen LogP) is 3.30. The molecule has 3 saturated heterocycles. The maximum atomic E-state index is 13.5. The predicted molar refractivity (Wildman–Crippen MR) is 172 cm³/mol. The number of hydrogen-bond acceptors (Lipinski definition) is 8. The van der Waals surface area contributed by atoms with E-state index in [0.29, 0.717) is 56.4 Å². The monoisotopic (exact) mass is 692 g/mol. The highest BCUT2D eigenvalue weighted by Crippen LogP contribution is 2.37. The van der Waals surface area contributed by atoms with Crippen molar-refractivity contribution in [1.29, 1.82) is 0 Å². The number of ether oxygens (including phenoxy) is 1. The van der Waals surface area contributed by atoms with Crippen LogP contribution in [-0.2, 0) is 26.0 Å². The zero-order chi connectivity index (χ0) is 34.9. The minimum atomic E-state index is -4.84. The molecule has 0 aromatic heterocycles. The second-order valence-corrected chi connectivity index (χ2v) is 14.8. The first-order valence-electron chi connectivity index (χ1n) is 15.7. The smallest absolute Gasteiger partial charge is 0.406 e. The van der Waals surface area contributed by atoms with Crippen molar-refractivity contribution in [2.24, 2.45) is 4.99 Å². The van der Waals surface area contributed by atoms with Gasteiger partial charge in [-0.25, -0.2) is 17.5 Å². The second kappa shape index (κ2) is 13.5. The summed E-state index contributed by atoms with van der Waals surface area (Å²) in [6.07, 6.45) is -2.47. The lowest BCUT2D eigenvalue weighted by molar-refractivity contribution is -0.274. The average molecular weight is 693 g/mol. The lowest BCUT2D eigenvalue weighted by Crippen LogP contribution is -2.56. The van der Waals surface area contributed by atoms with Gasteiger partial charge in [-0.15, -0.1) is 13.2 Å². The normalized spacial score (nSPS) is 20.1. The van der Waals surface area contributed by atoms with E-state index in [1.165, 1.54) is 16.4 Å². The van der Waals surface area contributed by atoms with Crippen molar-refractivity contribution < 1.29 is 40.7 Å². The maximum absolute atomic E-state index is 13.5. The molecule has 3 aliphatic heterocycles. The first-order chi connectivity index (χ1) is 22.6. The Balaban J connectivity index is 1.24. The van der Waals surface area contributed by atoms with Crippen LogP contribution in [0.4, 0.5) is 23.7 Å². The van der Waals surface area contributed by atoms with Gasteiger partial charge in [-0.2, -0.15) is 0 Å². The third-order valence-electron chi connectivity index (χ3n) is 9.39. The van der Waals surface area contributed by atoms with E-state index in [0.717, 1.165) is 28.8 Å². The fourth-order valence-corrected chi connectivity index (χ4v) is 8.21. The standard InChI is InChI=1S/C32H39F3N6O6S/c1-21-18-24(41-29(44)38-28(43)31(41)9-13-36-14-10-31)19-22(2)26(21)8-17-48(45,46)40-15-11-30(3,12-16-40)39-27(37-20-42)23-4-6-25(7-5-23)47-32(33,34)35/h4-7,18-20,36H,8-17H2,1-3H3,(H,37,39,42)(H,38,43,44). The second-order valence-electron chi connectivity index (χ2n) is 12.7. The van der Waals surface area contributed by atoms with Gasteiger partial charge in [0.2, 0.25) is 16.4 Å². The van der Waals surface area contributed by atoms with Gasteiger partial charge in [0.05, 0.1) is 11.3 Å².